The van der Waals surface area contributed by atoms with Gasteiger partial charge in [0, 0.05) is 11.1 Å². The van der Waals surface area contributed by atoms with E-state index in [2.05, 4.69) is 10.3 Å². The van der Waals surface area contributed by atoms with Gasteiger partial charge >= 0.3 is 0 Å². The fourth-order valence-corrected chi connectivity index (χ4v) is 2.45. The minimum atomic E-state index is -0.316. The molecule has 0 saturated carbocycles. The summed E-state index contributed by atoms with van der Waals surface area (Å²) < 4.78 is 5.85. The molecule has 0 aliphatic rings. The van der Waals surface area contributed by atoms with Gasteiger partial charge < -0.3 is 9.73 Å². The molecule has 3 aromatic rings. The number of hydrogen-bond acceptors (Lipinski definition) is 3. The lowest BCUT2D eigenvalue weighted by Crippen LogP contribution is -2.13. The summed E-state index contributed by atoms with van der Waals surface area (Å²) in [6.07, 6.45) is 0. The minimum absolute atomic E-state index is 0.251. The number of fused-ring (bicyclic) bond motifs is 1. The van der Waals surface area contributed by atoms with Crippen molar-refractivity contribution in [2.24, 2.45) is 0 Å². The highest BCUT2D eigenvalue weighted by Crippen LogP contribution is 2.31. The molecule has 23 heavy (non-hydrogen) atoms. The van der Waals surface area contributed by atoms with Gasteiger partial charge in [-0.2, -0.15) is 0 Å². The molecule has 0 unspecified atom stereocenters. The van der Waals surface area contributed by atoms with Gasteiger partial charge in [-0.3, -0.25) is 4.79 Å². The molecule has 4 nitrogen and oxygen atoms in total. The fraction of sp³-hybridized carbons (Fsp3) is 0.222. The number of anilines is 1. The lowest BCUT2D eigenvalue weighted by atomic mass is 9.97. The number of oxazole rings is 1. The minimum Gasteiger partial charge on any atom is -0.439 e. The molecule has 0 atom stereocenters. The lowest BCUT2D eigenvalue weighted by Gasteiger charge is -2.12. The third kappa shape index (κ3) is 3.08. The van der Waals surface area contributed by atoms with Crippen LogP contribution in [0.15, 0.2) is 46.9 Å². The molecular formula is C18H17ClN2O2. The smallest absolute Gasteiger partial charge is 0.261 e. The van der Waals surface area contributed by atoms with E-state index < -0.39 is 0 Å². The van der Waals surface area contributed by atoms with E-state index in [1.807, 2.05) is 51.1 Å². The van der Waals surface area contributed by atoms with E-state index in [0.29, 0.717) is 33.3 Å². The number of amides is 1. The van der Waals surface area contributed by atoms with Gasteiger partial charge in [-0.05, 0) is 24.3 Å². The number of hydrogen-bond donors (Lipinski definition) is 1. The van der Waals surface area contributed by atoms with Crippen molar-refractivity contribution < 1.29 is 9.21 Å². The van der Waals surface area contributed by atoms with Crippen molar-refractivity contribution in [1.29, 1.82) is 0 Å². The number of carbonyl (C=O) groups is 1. The molecule has 0 aliphatic heterocycles. The summed E-state index contributed by atoms with van der Waals surface area (Å²) in [4.78, 5) is 17.1. The van der Waals surface area contributed by atoms with Crippen LogP contribution in [-0.2, 0) is 5.41 Å². The highest BCUT2D eigenvalue weighted by atomic mass is 35.5. The second-order valence-electron chi connectivity index (χ2n) is 6.36. The molecule has 0 aliphatic carbocycles. The summed E-state index contributed by atoms with van der Waals surface area (Å²) in [7, 11) is 0. The third-order valence-electron chi connectivity index (χ3n) is 3.41. The quantitative estimate of drug-likeness (QED) is 0.717. The summed E-state index contributed by atoms with van der Waals surface area (Å²) in [6.45, 7) is 6.01. The Bertz CT molecular complexity index is 864. The number of halogens is 1. The van der Waals surface area contributed by atoms with Gasteiger partial charge in [0.25, 0.3) is 5.91 Å². The number of nitrogens with zero attached hydrogens (tertiary/aromatic N) is 1. The topological polar surface area (TPSA) is 55.1 Å². The average Bonchev–Trinajstić information content (AvgIpc) is 2.92. The molecule has 1 aromatic heterocycles. The zero-order chi connectivity index (χ0) is 16.6. The summed E-state index contributed by atoms with van der Waals surface area (Å²) >= 11 is 6.24. The highest BCUT2D eigenvalue weighted by Gasteiger charge is 2.25. The molecule has 1 N–H and O–H groups in total. The van der Waals surface area contributed by atoms with Crippen LogP contribution in [0.1, 0.15) is 37.0 Å². The number of para-hydroxylation sites is 1. The van der Waals surface area contributed by atoms with Crippen LogP contribution in [0.2, 0.25) is 5.02 Å². The van der Waals surface area contributed by atoms with Crippen LogP contribution in [-0.4, -0.2) is 10.9 Å². The van der Waals surface area contributed by atoms with E-state index in [4.69, 9.17) is 16.0 Å². The number of carbonyl (C=O) groups excluding carboxylic acids is 1. The van der Waals surface area contributed by atoms with Crippen molar-refractivity contribution in [2.45, 2.75) is 26.2 Å². The predicted molar refractivity (Wildman–Crippen MR) is 92.1 cm³/mol. The molecule has 0 bridgehead atoms. The third-order valence-corrected chi connectivity index (χ3v) is 3.72. The van der Waals surface area contributed by atoms with Crippen molar-refractivity contribution in [3.8, 4) is 0 Å². The van der Waals surface area contributed by atoms with Gasteiger partial charge in [-0.25, -0.2) is 4.98 Å². The Morgan fingerprint density at radius 2 is 1.83 bits per heavy atom. The Labute approximate surface area is 139 Å². The number of rotatable bonds is 2. The van der Waals surface area contributed by atoms with Gasteiger partial charge in [0.15, 0.2) is 5.58 Å². The molecule has 1 heterocycles. The number of nitrogens with one attached hydrogen (secondary N) is 1. The van der Waals surface area contributed by atoms with Crippen LogP contribution in [0.3, 0.4) is 0 Å². The first-order valence-electron chi connectivity index (χ1n) is 7.32. The Balaban J connectivity index is 2.07. The lowest BCUT2D eigenvalue weighted by molar-refractivity contribution is 0.102. The van der Waals surface area contributed by atoms with Crippen LogP contribution in [0, 0.1) is 0 Å². The maximum absolute atomic E-state index is 12.6. The SMILES string of the molecule is CC(C)(C)c1nc2ccc(Cl)c(C(=O)Nc3ccccc3)c2o1. The van der Waals surface area contributed by atoms with Gasteiger partial charge in [-0.1, -0.05) is 50.6 Å². The fourth-order valence-electron chi connectivity index (χ4n) is 2.22. The van der Waals surface area contributed by atoms with E-state index in [1.54, 1.807) is 12.1 Å². The van der Waals surface area contributed by atoms with Gasteiger partial charge in [0.05, 0.1) is 5.02 Å². The van der Waals surface area contributed by atoms with Crippen LogP contribution >= 0.6 is 11.6 Å². The molecule has 1 amide bonds. The summed E-state index contributed by atoms with van der Waals surface area (Å²) in [5.74, 6) is 0.256. The zero-order valence-electron chi connectivity index (χ0n) is 13.2. The molecular weight excluding hydrogens is 312 g/mol. The van der Waals surface area contributed by atoms with Crippen LogP contribution in [0.4, 0.5) is 5.69 Å². The maximum atomic E-state index is 12.6. The summed E-state index contributed by atoms with van der Waals surface area (Å²) in [5, 5.41) is 3.16. The Hall–Kier alpha value is -2.33. The van der Waals surface area contributed by atoms with E-state index >= 15 is 0 Å². The van der Waals surface area contributed by atoms with Crippen molar-refractivity contribution in [2.75, 3.05) is 5.32 Å². The van der Waals surface area contributed by atoms with Crippen molar-refractivity contribution in [3.63, 3.8) is 0 Å². The first kappa shape index (κ1) is 15.6. The Morgan fingerprint density at radius 3 is 2.48 bits per heavy atom. The van der Waals surface area contributed by atoms with Gasteiger partial charge in [0.2, 0.25) is 5.89 Å². The van der Waals surface area contributed by atoms with Crippen molar-refractivity contribution in [3.05, 3.63) is 58.9 Å². The second kappa shape index (κ2) is 5.70. The largest absolute Gasteiger partial charge is 0.439 e. The average molecular weight is 329 g/mol. The normalized spacial score (nSPS) is 11.7. The molecule has 0 radical (unpaired) electrons. The van der Waals surface area contributed by atoms with Crippen LogP contribution < -0.4 is 5.32 Å². The van der Waals surface area contributed by atoms with E-state index in [-0.39, 0.29) is 11.3 Å². The Kier molecular flexibility index (Phi) is 3.86. The van der Waals surface area contributed by atoms with E-state index in [9.17, 15) is 4.79 Å². The molecule has 0 fully saturated rings. The van der Waals surface area contributed by atoms with Gasteiger partial charge in [0.1, 0.15) is 11.1 Å². The highest BCUT2D eigenvalue weighted by molar-refractivity contribution is 6.36. The zero-order valence-corrected chi connectivity index (χ0v) is 13.9. The van der Waals surface area contributed by atoms with Crippen LogP contribution in [0.25, 0.3) is 11.1 Å². The first-order valence-corrected chi connectivity index (χ1v) is 7.70. The first-order chi connectivity index (χ1) is 10.9. The molecule has 5 heteroatoms. The molecule has 0 spiro atoms. The molecule has 0 saturated heterocycles. The summed E-state index contributed by atoms with van der Waals surface area (Å²) in [5.41, 5.74) is 1.78. The molecule has 118 valence electrons. The van der Waals surface area contributed by atoms with E-state index in [0.717, 1.165) is 0 Å². The second-order valence-corrected chi connectivity index (χ2v) is 6.77. The predicted octanol–water partition coefficient (Wildman–Crippen LogP) is 5.03. The number of aromatic nitrogens is 1. The molecule has 3 rings (SSSR count). The number of benzene rings is 2. The Morgan fingerprint density at radius 1 is 1.13 bits per heavy atom. The van der Waals surface area contributed by atoms with Gasteiger partial charge in [-0.15, -0.1) is 0 Å². The molecule has 2 aromatic carbocycles. The van der Waals surface area contributed by atoms with Crippen molar-refractivity contribution >= 4 is 34.3 Å². The maximum Gasteiger partial charge on any atom is 0.261 e. The van der Waals surface area contributed by atoms with E-state index in [1.165, 1.54) is 0 Å². The monoisotopic (exact) mass is 328 g/mol. The van der Waals surface area contributed by atoms with Crippen LogP contribution in [0.5, 0.6) is 0 Å². The summed E-state index contributed by atoms with van der Waals surface area (Å²) in [6, 6.07) is 12.6. The van der Waals surface area contributed by atoms with Crippen molar-refractivity contribution in [1.82, 2.24) is 4.98 Å². The standard InChI is InChI=1S/C18H17ClN2O2/c1-18(2,3)17-21-13-10-9-12(19)14(15(13)23-17)16(22)20-11-7-5-4-6-8-11/h4-10H,1-3H3,(H,20,22).